The summed E-state index contributed by atoms with van der Waals surface area (Å²) in [4.78, 5) is 23.0. The number of fused-ring (bicyclic) bond motifs is 1. The van der Waals surface area contributed by atoms with Crippen molar-refractivity contribution < 1.29 is 19.7 Å². The lowest BCUT2D eigenvalue weighted by Gasteiger charge is -2.47. The van der Waals surface area contributed by atoms with E-state index in [2.05, 4.69) is 48.7 Å². The number of amides is 1. The van der Waals surface area contributed by atoms with Crippen LogP contribution in [-0.4, -0.2) is 55.5 Å². The van der Waals surface area contributed by atoms with E-state index in [0.29, 0.717) is 12.3 Å². The smallest absolute Gasteiger partial charge is 0.407 e. The van der Waals surface area contributed by atoms with E-state index in [1.165, 1.54) is 16.2 Å². The molecule has 1 aliphatic carbocycles. The summed E-state index contributed by atoms with van der Waals surface area (Å²) >= 11 is 1.40. The van der Waals surface area contributed by atoms with Crippen molar-refractivity contribution in [2.24, 2.45) is 5.41 Å². The van der Waals surface area contributed by atoms with E-state index in [0.717, 1.165) is 48.1 Å². The van der Waals surface area contributed by atoms with Crippen molar-refractivity contribution in [1.29, 1.82) is 0 Å². The molecule has 2 aliphatic rings. The van der Waals surface area contributed by atoms with Gasteiger partial charge >= 0.3 is 6.09 Å². The Morgan fingerprint density at radius 1 is 1.42 bits per heavy atom. The average Bonchev–Trinajstić information content (AvgIpc) is 3.30. The average molecular weight is 515 g/mol. The number of pyridine rings is 1. The Morgan fingerprint density at radius 2 is 2.19 bits per heavy atom. The van der Waals surface area contributed by atoms with Crippen LogP contribution < -0.4 is 10.1 Å². The minimum atomic E-state index is -1.07. The number of ether oxygens (including phenoxy) is 1. The van der Waals surface area contributed by atoms with Crippen LogP contribution in [-0.2, 0) is 13.0 Å². The lowest BCUT2D eigenvalue weighted by molar-refractivity contribution is -0.0427. The number of aromatic nitrogens is 2. The van der Waals surface area contributed by atoms with Crippen molar-refractivity contribution in [3.8, 4) is 5.88 Å². The molecule has 36 heavy (non-hydrogen) atoms. The number of aliphatic hydroxyl groups is 1. The number of aliphatic hydroxyl groups excluding tert-OH is 1. The number of nitrogens with one attached hydrogen (secondary N) is 1. The summed E-state index contributed by atoms with van der Waals surface area (Å²) in [6, 6.07) is 1.52. The van der Waals surface area contributed by atoms with Gasteiger partial charge in [-0.05, 0) is 49.1 Å². The van der Waals surface area contributed by atoms with Gasteiger partial charge in [-0.2, -0.15) is 0 Å². The molecule has 196 valence electrons. The minimum absolute atomic E-state index is 0.0275. The van der Waals surface area contributed by atoms with Crippen molar-refractivity contribution in [2.75, 3.05) is 6.54 Å². The molecule has 0 bridgehead atoms. The number of hydrogen-bond donors (Lipinski definition) is 3. The van der Waals surface area contributed by atoms with Crippen LogP contribution in [0.1, 0.15) is 74.9 Å². The monoisotopic (exact) mass is 514 g/mol. The zero-order valence-electron chi connectivity index (χ0n) is 21.4. The van der Waals surface area contributed by atoms with Crippen molar-refractivity contribution in [1.82, 2.24) is 20.2 Å². The summed E-state index contributed by atoms with van der Waals surface area (Å²) in [5.74, 6) is 0.672. The number of nitrogens with zero attached hydrogens (tertiary/aromatic N) is 3. The SMILES string of the molecule is C=CC[C@@H]([C@H](O)CN[C@H]1CC2(CCC2)Oc2ncc(CC(C)(C)C)cc21)N(Cc1cncs1)C(=O)O. The Labute approximate surface area is 217 Å². The van der Waals surface area contributed by atoms with Crippen LogP contribution in [0.5, 0.6) is 5.88 Å². The number of carbonyl (C=O) groups is 1. The molecule has 1 saturated carbocycles. The van der Waals surface area contributed by atoms with Crippen LogP contribution in [0, 0.1) is 5.41 Å². The van der Waals surface area contributed by atoms with Gasteiger partial charge in [0.2, 0.25) is 5.88 Å². The van der Waals surface area contributed by atoms with E-state index < -0.39 is 18.2 Å². The standard InChI is InChI=1S/C27H38N4O4S/c1-5-7-22(31(25(33)34)16-19-14-28-17-36-19)23(32)15-29-21-12-27(8-6-9-27)35-24-20(21)10-18(13-30-24)11-26(2,3)4/h5,10,13-14,17,21-23,29,32H,1,6-9,11-12,15-16H2,2-4H3,(H,33,34)/t21-,22-,23+/m0/s1. The molecule has 9 heteroatoms. The second-order valence-corrected chi connectivity index (χ2v) is 12.3. The van der Waals surface area contributed by atoms with E-state index in [4.69, 9.17) is 4.74 Å². The van der Waals surface area contributed by atoms with Gasteiger partial charge in [-0.25, -0.2) is 9.78 Å². The van der Waals surface area contributed by atoms with Crippen LogP contribution in [0.4, 0.5) is 4.79 Å². The van der Waals surface area contributed by atoms with Gasteiger partial charge in [-0.1, -0.05) is 26.8 Å². The fourth-order valence-electron chi connectivity index (χ4n) is 5.22. The number of thiazole rings is 1. The largest absolute Gasteiger partial charge is 0.471 e. The van der Waals surface area contributed by atoms with Crippen molar-refractivity contribution in [3.05, 3.63) is 52.6 Å². The third-order valence-corrected chi connectivity index (χ3v) is 7.85. The lowest BCUT2D eigenvalue weighted by Crippen LogP contribution is -2.52. The molecule has 4 rings (SSSR count). The zero-order chi connectivity index (χ0) is 25.9. The molecule has 0 radical (unpaired) electrons. The van der Waals surface area contributed by atoms with Gasteiger partial charge < -0.3 is 20.3 Å². The molecule has 1 aliphatic heterocycles. The third kappa shape index (κ3) is 6.25. The van der Waals surface area contributed by atoms with Crippen LogP contribution >= 0.6 is 11.3 Å². The van der Waals surface area contributed by atoms with Crippen LogP contribution in [0.3, 0.4) is 0 Å². The van der Waals surface area contributed by atoms with E-state index in [-0.39, 0.29) is 30.1 Å². The third-order valence-electron chi connectivity index (χ3n) is 7.08. The Kier molecular flexibility index (Phi) is 8.02. The van der Waals surface area contributed by atoms with Crippen LogP contribution in [0.25, 0.3) is 0 Å². The predicted octanol–water partition coefficient (Wildman–Crippen LogP) is 4.95. The highest BCUT2D eigenvalue weighted by Gasteiger charge is 2.46. The summed E-state index contributed by atoms with van der Waals surface area (Å²) in [6.07, 6.45) is 8.44. The first kappa shape index (κ1) is 26.6. The number of rotatable bonds is 10. The van der Waals surface area contributed by atoms with Gasteiger partial charge in [-0.15, -0.1) is 17.9 Å². The highest BCUT2D eigenvalue weighted by molar-refractivity contribution is 7.09. The number of carboxylic acid groups (broad SMARTS) is 1. The van der Waals surface area contributed by atoms with Crippen molar-refractivity contribution in [2.45, 2.75) is 89.6 Å². The highest BCUT2D eigenvalue weighted by atomic mass is 32.1. The van der Waals surface area contributed by atoms with Gasteiger partial charge in [0, 0.05) is 41.8 Å². The molecule has 2 aromatic heterocycles. The Balaban J connectivity index is 1.52. The number of hydrogen-bond acceptors (Lipinski definition) is 7. The van der Waals surface area contributed by atoms with Crippen LogP contribution in [0.2, 0.25) is 0 Å². The summed E-state index contributed by atoms with van der Waals surface area (Å²) in [5.41, 5.74) is 3.79. The van der Waals surface area contributed by atoms with Gasteiger partial charge in [0.05, 0.1) is 24.2 Å². The van der Waals surface area contributed by atoms with Gasteiger partial charge in [-0.3, -0.25) is 9.88 Å². The molecule has 3 N–H and O–H groups in total. The van der Waals surface area contributed by atoms with E-state index in [1.54, 1.807) is 17.8 Å². The van der Waals surface area contributed by atoms with E-state index in [1.807, 2.05) is 6.20 Å². The maximum atomic E-state index is 12.1. The molecular formula is C27H38N4O4S. The van der Waals surface area contributed by atoms with Gasteiger partial charge in [0.15, 0.2) is 0 Å². The molecule has 1 spiro atoms. The fourth-order valence-corrected chi connectivity index (χ4v) is 5.82. The van der Waals surface area contributed by atoms with Crippen LogP contribution in [0.15, 0.2) is 36.6 Å². The second-order valence-electron chi connectivity index (χ2n) is 11.3. The second kappa shape index (κ2) is 10.9. The molecule has 3 atom stereocenters. The first-order valence-corrected chi connectivity index (χ1v) is 13.5. The van der Waals surface area contributed by atoms with Crippen molar-refractivity contribution >= 4 is 17.4 Å². The topological polar surface area (TPSA) is 108 Å². The molecule has 1 fully saturated rings. The molecule has 8 nitrogen and oxygen atoms in total. The van der Waals surface area contributed by atoms with Gasteiger partial charge in [0.1, 0.15) is 5.60 Å². The minimum Gasteiger partial charge on any atom is -0.471 e. The highest BCUT2D eigenvalue weighted by Crippen LogP contribution is 2.48. The molecule has 0 aromatic carbocycles. The summed E-state index contributed by atoms with van der Waals surface area (Å²) < 4.78 is 6.37. The predicted molar refractivity (Wildman–Crippen MR) is 140 cm³/mol. The molecule has 1 amide bonds. The molecular weight excluding hydrogens is 476 g/mol. The molecule has 2 aromatic rings. The quantitative estimate of drug-likeness (QED) is 0.385. The molecule has 0 saturated heterocycles. The van der Waals surface area contributed by atoms with Crippen molar-refractivity contribution in [3.63, 3.8) is 0 Å². The lowest BCUT2D eigenvalue weighted by atomic mass is 9.73. The summed E-state index contributed by atoms with van der Waals surface area (Å²) in [6.45, 7) is 10.8. The fraction of sp³-hybridized carbons (Fsp3) is 0.593. The Bertz CT molecular complexity index is 1050. The maximum Gasteiger partial charge on any atom is 0.407 e. The first-order chi connectivity index (χ1) is 17.1. The van der Waals surface area contributed by atoms with Gasteiger partial charge in [0.25, 0.3) is 0 Å². The summed E-state index contributed by atoms with van der Waals surface area (Å²) in [7, 11) is 0. The molecule has 0 unspecified atom stereocenters. The first-order valence-electron chi connectivity index (χ1n) is 12.7. The van der Waals surface area contributed by atoms with E-state index in [9.17, 15) is 15.0 Å². The summed E-state index contributed by atoms with van der Waals surface area (Å²) in [5, 5.41) is 24.7. The molecule has 3 heterocycles. The Morgan fingerprint density at radius 3 is 2.78 bits per heavy atom. The zero-order valence-corrected chi connectivity index (χ0v) is 22.3. The maximum absolute atomic E-state index is 12.1. The van der Waals surface area contributed by atoms with E-state index >= 15 is 0 Å². The normalized spacial score (nSPS) is 20.1. The Hall–Kier alpha value is -2.49.